The number of piperidine rings is 1. The topological polar surface area (TPSA) is 81.2 Å². The normalized spacial score (nSPS) is 21.2. The van der Waals surface area contributed by atoms with Crippen LogP contribution in [0.5, 0.6) is 0 Å². The highest BCUT2D eigenvalue weighted by Gasteiger charge is 2.32. The van der Waals surface area contributed by atoms with Crippen LogP contribution in [-0.4, -0.2) is 41.6 Å². The molecule has 0 radical (unpaired) electrons. The van der Waals surface area contributed by atoms with Crippen molar-refractivity contribution in [1.29, 1.82) is 0 Å². The van der Waals surface area contributed by atoms with Crippen molar-refractivity contribution < 1.29 is 8.42 Å². The monoisotopic (exact) mass is 334 g/mol. The van der Waals surface area contributed by atoms with Crippen LogP contribution in [0.25, 0.3) is 5.69 Å². The van der Waals surface area contributed by atoms with Crippen molar-refractivity contribution in [2.24, 2.45) is 11.7 Å². The minimum atomic E-state index is -3.52. The molecule has 3 rings (SSSR count). The first-order valence-corrected chi connectivity index (χ1v) is 9.28. The zero-order valence-corrected chi connectivity index (χ0v) is 14.0. The van der Waals surface area contributed by atoms with E-state index in [0.717, 1.165) is 18.5 Å². The van der Waals surface area contributed by atoms with E-state index in [1.54, 1.807) is 10.9 Å². The van der Waals surface area contributed by atoms with Crippen LogP contribution in [0, 0.1) is 5.92 Å². The lowest BCUT2D eigenvalue weighted by Gasteiger charge is -2.33. The number of para-hydroxylation sites is 1. The number of aromatic nitrogens is 2. The van der Waals surface area contributed by atoms with Crippen LogP contribution in [0.15, 0.2) is 47.6 Å². The summed E-state index contributed by atoms with van der Waals surface area (Å²) < 4.78 is 28.8. The van der Waals surface area contributed by atoms with Gasteiger partial charge in [-0.1, -0.05) is 18.2 Å². The van der Waals surface area contributed by atoms with Gasteiger partial charge in [0.05, 0.1) is 18.1 Å². The summed E-state index contributed by atoms with van der Waals surface area (Å²) >= 11 is 0. The predicted octanol–water partition coefficient (Wildman–Crippen LogP) is 1.62. The number of nitrogens with zero attached hydrogens (tertiary/aromatic N) is 3. The van der Waals surface area contributed by atoms with E-state index in [2.05, 4.69) is 5.10 Å². The van der Waals surface area contributed by atoms with Gasteiger partial charge in [0.1, 0.15) is 4.90 Å². The number of hydrogen-bond donors (Lipinski definition) is 1. The number of nitrogens with two attached hydrogens (primary N) is 1. The standard InChI is InChI=1S/C16H22N4O2S/c1-13(17)14-6-5-9-19(11-14)23(21,22)16-10-18-20(12-16)15-7-3-2-4-8-15/h2-4,7-8,10,12-14H,5-6,9,11,17H2,1H3. The molecule has 0 aliphatic carbocycles. The molecule has 0 spiro atoms. The zero-order valence-electron chi connectivity index (χ0n) is 13.2. The number of rotatable bonds is 4. The molecule has 1 fully saturated rings. The van der Waals surface area contributed by atoms with E-state index in [9.17, 15) is 8.42 Å². The Morgan fingerprint density at radius 2 is 2.04 bits per heavy atom. The summed E-state index contributed by atoms with van der Waals surface area (Å²) in [6.07, 6.45) is 4.81. The number of benzene rings is 1. The average Bonchev–Trinajstić information content (AvgIpc) is 3.06. The minimum absolute atomic E-state index is 0.0000389. The molecule has 2 atom stereocenters. The second kappa shape index (κ2) is 6.43. The summed E-state index contributed by atoms with van der Waals surface area (Å²) in [5.41, 5.74) is 6.79. The molecule has 2 heterocycles. The Morgan fingerprint density at radius 1 is 1.30 bits per heavy atom. The van der Waals surface area contributed by atoms with Crippen molar-refractivity contribution in [3.63, 3.8) is 0 Å². The van der Waals surface area contributed by atoms with Gasteiger partial charge in [0, 0.05) is 19.1 Å². The molecule has 2 aromatic rings. The van der Waals surface area contributed by atoms with Gasteiger partial charge in [-0.3, -0.25) is 0 Å². The highest BCUT2D eigenvalue weighted by Crippen LogP contribution is 2.25. The first-order valence-electron chi connectivity index (χ1n) is 7.84. The number of sulfonamides is 1. The van der Waals surface area contributed by atoms with Crippen molar-refractivity contribution in [3.8, 4) is 5.69 Å². The summed E-state index contributed by atoms with van der Waals surface area (Å²) in [7, 11) is -3.52. The third-order valence-corrected chi connectivity index (χ3v) is 6.20. The van der Waals surface area contributed by atoms with Gasteiger partial charge < -0.3 is 5.73 Å². The fourth-order valence-electron chi connectivity index (χ4n) is 2.93. The Hall–Kier alpha value is -1.70. The summed E-state index contributed by atoms with van der Waals surface area (Å²) in [5.74, 6) is 0.211. The minimum Gasteiger partial charge on any atom is -0.328 e. The molecule has 0 amide bonds. The molecule has 7 heteroatoms. The molecule has 0 saturated carbocycles. The molecule has 1 aliphatic heterocycles. The van der Waals surface area contributed by atoms with Gasteiger partial charge in [-0.2, -0.15) is 9.40 Å². The van der Waals surface area contributed by atoms with Crippen molar-refractivity contribution in [3.05, 3.63) is 42.7 Å². The second-order valence-corrected chi connectivity index (χ2v) is 8.02. The molecule has 1 aromatic carbocycles. The number of hydrogen-bond acceptors (Lipinski definition) is 4. The lowest BCUT2D eigenvalue weighted by atomic mass is 9.93. The Labute approximate surface area is 137 Å². The summed E-state index contributed by atoms with van der Waals surface area (Å²) in [6, 6.07) is 9.46. The fraction of sp³-hybridized carbons (Fsp3) is 0.438. The second-order valence-electron chi connectivity index (χ2n) is 6.08. The fourth-order valence-corrected chi connectivity index (χ4v) is 4.40. The molecule has 2 unspecified atom stereocenters. The third kappa shape index (κ3) is 3.31. The van der Waals surface area contributed by atoms with E-state index in [4.69, 9.17) is 5.73 Å². The quantitative estimate of drug-likeness (QED) is 0.921. The Balaban J connectivity index is 1.84. The lowest BCUT2D eigenvalue weighted by Crippen LogP contribution is -2.44. The van der Waals surface area contributed by atoms with E-state index in [0.29, 0.717) is 13.1 Å². The van der Waals surface area contributed by atoms with Crippen LogP contribution in [-0.2, 0) is 10.0 Å². The largest absolute Gasteiger partial charge is 0.328 e. The molecule has 1 aromatic heterocycles. The molecule has 124 valence electrons. The van der Waals surface area contributed by atoms with Crippen LogP contribution in [0.1, 0.15) is 19.8 Å². The Kier molecular flexibility index (Phi) is 4.52. The maximum absolute atomic E-state index is 12.8. The van der Waals surface area contributed by atoms with Crippen LogP contribution in [0.4, 0.5) is 0 Å². The van der Waals surface area contributed by atoms with Crippen LogP contribution < -0.4 is 5.73 Å². The van der Waals surface area contributed by atoms with Gasteiger partial charge in [0.15, 0.2) is 0 Å². The van der Waals surface area contributed by atoms with E-state index >= 15 is 0 Å². The van der Waals surface area contributed by atoms with Crippen molar-refractivity contribution >= 4 is 10.0 Å². The van der Waals surface area contributed by atoms with Crippen molar-refractivity contribution in [2.45, 2.75) is 30.7 Å². The highest BCUT2D eigenvalue weighted by atomic mass is 32.2. The Bertz CT molecular complexity index is 755. The zero-order chi connectivity index (χ0) is 16.4. The van der Waals surface area contributed by atoms with E-state index < -0.39 is 10.0 Å². The summed E-state index contributed by atoms with van der Waals surface area (Å²) in [5, 5.41) is 4.19. The first kappa shape index (κ1) is 16.2. The molecule has 2 N–H and O–H groups in total. The highest BCUT2D eigenvalue weighted by molar-refractivity contribution is 7.89. The van der Waals surface area contributed by atoms with E-state index in [1.165, 1.54) is 10.5 Å². The third-order valence-electron chi connectivity index (χ3n) is 4.38. The van der Waals surface area contributed by atoms with Crippen molar-refractivity contribution in [1.82, 2.24) is 14.1 Å². The SMILES string of the molecule is CC(N)C1CCCN(S(=O)(=O)c2cnn(-c3ccccc3)c2)C1. The van der Waals surface area contributed by atoms with Gasteiger partial charge >= 0.3 is 0 Å². The van der Waals surface area contributed by atoms with Crippen LogP contribution in [0.3, 0.4) is 0 Å². The molecule has 6 nitrogen and oxygen atoms in total. The van der Waals surface area contributed by atoms with Gasteiger partial charge in [0.25, 0.3) is 0 Å². The van der Waals surface area contributed by atoms with E-state index in [-0.39, 0.29) is 16.9 Å². The van der Waals surface area contributed by atoms with Crippen molar-refractivity contribution in [2.75, 3.05) is 13.1 Å². The first-order chi connectivity index (χ1) is 11.0. The molecule has 1 saturated heterocycles. The molecular formula is C16H22N4O2S. The van der Waals surface area contributed by atoms with Gasteiger partial charge in [-0.15, -0.1) is 0 Å². The molecular weight excluding hydrogens is 312 g/mol. The maximum atomic E-state index is 12.8. The smallest absolute Gasteiger partial charge is 0.246 e. The molecule has 23 heavy (non-hydrogen) atoms. The van der Waals surface area contributed by atoms with E-state index in [1.807, 2.05) is 37.3 Å². The Morgan fingerprint density at radius 3 is 2.74 bits per heavy atom. The van der Waals surface area contributed by atoms with Crippen LogP contribution >= 0.6 is 0 Å². The average molecular weight is 334 g/mol. The maximum Gasteiger partial charge on any atom is 0.246 e. The van der Waals surface area contributed by atoms with Gasteiger partial charge in [-0.05, 0) is 37.8 Å². The summed E-state index contributed by atoms with van der Waals surface area (Å²) in [4.78, 5) is 0.228. The molecule has 1 aliphatic rings. The van der Waals surface area contributed by atoms with Gasteiger partial charge in [-0.25, -0.2) is 13.1 Å². The summed E-state index contributed by atoms with van der Waals surface area (Å²) in [6.45, 7) is 2.97. The van der Waals surface area contributed by atoms with Gasteiger partial charge in [0.2, 0.25) is 10.0 Å². The predicted molar refractivity (Wildman–Crippen MR) is 88.7 cm³/mol. The van der Waals surface area contributed by atoms with Crippen LogP contribution in [0.2, 0.25) is 0 Å². The molecule has 0 bridgehead atoms. The lowest BCUT2D eigenvalue weighted by molar-refractivity contribution is 0.243.